The van der Waals surface area contributed by atoms with Gasteiger partial charge in [-0.1, -0.05) is 19.9 Å². The smallest absolute Gasteiger partial charge is 0.129 e. The van der Waals surface area contributed by atoms with Crippen LogP contribution in [0.4, 0.5) is 4.39 Å². The third-order valence-corrected chi connectivity index (χ3v) is 3.87. The third kappa shape index (κ3) is 1.47. The Hall–Kier alpha value is -0.890. The van der Waals surface area contributed by atoms with Gasteiger partial charge in [0, 0.05) is 6.04 Å². The zero-order chi connectivity index (χ0) is 12.1. The molecule has 0 amide bonds. The zero-order valence-electron chi connectivity index (χ0n) is 10.7. The maximum Gasteiger partial charge on any atom is 0.129 e. The average molecular weight is 221 g/mol. The second-order valence-corrected chi connectivity index (χ2v) is 5.52. The van der Waals surface area contributed by atoms with Crippen LogP contribution in [0.1, 0.15) is 48.6 Å². The van der Waals surface area contributed by atoms with Crippen molar-refractivity contribution in [2.45, 2.75) is 45.6 Å². The molecule has 1 atom stereocenters. The molecule has 0 bridgehead atoms. The monoisotopic (exact) mass is 221 g/mol. The summed E-state index contributed by atoms with van der Waals surface area (Å²) in [5.41, 5.74) is 4.21. The van der Waals surface area contributed by atoms with Crippen LogP contribution in [0.15, 0.2) is 6.07 Å². The number of nitrogens with one attached hydrogen (secondary N) is 1. The Balaban J connectivity index is 2.71. The van der Waals surface area contributed by atoms with E-state index in [-0.39, 0.29) is 11.2 Å². The van der Waals surface area contributed by atoms with Crippen molar-refractivity contribution in [3.63, 3.8) is 0 Å². The van der Waals surface area contributed by atoms with Crippen LogP contribution < -0.4 is 5.32 Å². The summed E-state index contributed by atoms with van der Waals surface area (Å²) in [6.07, 6.45) is 1.04. The van der Waals surface area contributed by atoms with E-state index in [0.717, 1.165) is 17.5 Å². The molecule has 0 fully saturated rings. The van der Waals surface area contributed by atoms with Crippen LogP contribution in [0.2, 0.25) is 0 Å². The molecule has 0 saturated heterocycles. The summed E-state index contributed by atoms with van der Waals surface area (Å²) in [4.78, 5) is 0. The molecule has 0 saturated carbocycles. The van der Waals surface area contributed by atoms with Crippen molar-refractivity contribution in [3.05, 3.63) is 34.1 Å². The van der Waals surface area contributed by atoms with E-state index in [1.807, 2.05) is 27.0 Å². The summed E-state index contributed by atoms with van der Waals surface area (Å²) in [7, 11) is 1.95. The fourth-order valence-corrected chi connectivity index (χ4v) is 2.95. The lowest BCUT2D eigenvalue weighted by Gasteiger charge is -2.20. The Kier molecular flexibility index (Phi) is 2.58. The molecule has 0 radical (unpaired) electrons. The van der Waals surface area contributed by atoms with Gasteiger partial charge >= 0.3 is 0 Å². The molecule has 1 nitrogen and oxygen atoms in total. The Morgan fingerprint density at radius 3 is 2.56 bits per heavy atom. The minimum atomic E-state index is -0.0447. The number of halogens is 1. The van der Waals surface area contributed by atoms with Crippen molar-refractivity contribution in [2.75, 3.05) is 7.05 Å². The van der Waals surface area contributed by atoms with E-state index in [1.165, 1.54) is 11.1 Å². The van der Waals surface area contributed by atoms with E-state index in [0.29, 0.717) is 6.04 Å². The molecule has 0 aliphatic heterocycles. The van der Waals surface area contributed by atoms with E-state index in [1.54, 1.807) is 0 Å². The number of aryl methyl sites for hydroxylation is 1. The number of fused-ring (bicyclic) bond motifs is 1. The predicted molar refractivity (Wildman–Crippen MR) is 65.3 cm³/mol. The SMILES string of the molecule is CNC1CC(C)(C)c2cc(C)c(F)c(C)c21. The fourth-order valence-electron chi connectivity index (χ4n) is 2.95. The average Bonchev–Trinajstić information content (AvgIpc) is 2.47. The number of hydrogen-bond acceptors (Lipinski definition) is 1. The first kappa shape index (κ1) is 11.6. The van der Waals surface area contributed by atoms with Crippen molar-refractivity contribution < 1.29 is 4.39 Å². The fraction of sp³-hybridized carbons (Fsp3) is 0.571. The van der Waals surface area contributed by atoms with Gasteiger partial charge in [-0.15, -0.1) is 0 Å². The Morgan fingerprint density at radius 2 is 2.00 bits per heavy atom. The first-order valence-electron chi connectivity index (χ1n) is 5.86. The van der Waals surface area contributed by atoms with E-state index >= 15 is 0 Å². The van der Waals surface area contributed by atoms with Crippen LogP contribution in [0.5, 0.6) is 0 Å². The van der Waals surface area contributed by atoms with Gasteiger partial charge in [0.1, 0.15) is 5.82 Å². The van der Waals surface area contributed by atoms with Crippen molar-refractivity contribution in [3.8, 4) is 0 Å². The van der Waals surface area contributed by atoms with Crippen molar-refractivity contribution in [1.82, 2.24) is 5.32 Å². The van der Waals surface area contributed by atoms with Crippen molar-refractivity contribution in [2.24, 2.45) is 0 Å². The largest absolute Gasteiger partial charge is 0.313 e. The third-order valence-electron chi connectivity index (χ3n) is 3.87. The Bertz CT molecular complexity index is 435. The summed E-state index contributed by atoms with van der Waals surface area (Å²) >= 11 is 0. The second-order valence-electron chi connectivity index (χ2n) is 5.52. The molecule has 1 aliphatic carbocycles. The lowest BCUT2D eigenvalue weighted by atomic mass is 9.85. The van der Waals surface area contributed by atoms with Gasteiger partial charge in [-0.3, -0.25) is 0 Å². The first-order valence-corrected chi connectivity index (χ1v) is 5.86. The van der Waals surface area contributed by atoms with Crippen LogP contribution in [-0.4, -0.2) is 7.05 Å². The summed E-state index contributed by atoms with van der Waals surface area (Å²) in [5, 5.41) is 3.30. The maximum absolute atomic E-state index is 13.9. The number of rotatable bonds is 1. The van der Waals surface area contributed by atoms with Gasteiger partial charge in [-0.2, -0.15) is 0 Å². The molecular weight excluding hydrogens is 201 g/mol. The standard InChI is InChI=1S/C14H20FN/c1-8-6-10-12(9(2)13(8)15)11(16-5)7-14(10,3)4/h6,11,16H,7H2,1-5H3. The maximum atomic E-state index is 13.9. The van der Waals surface area contributed by atoms with E-state index < -0.39 is 0 Å². The lowest BCUT2D eigenvalue weighted by Crippen LogP contribution is -2.17. The molecule has 1 aromatic rings. The molecule has 0 spiro atoms. The van der Waals surface area contributed by atoms with Gasteiger partial charge in [0.15, 0.2) is 0 Å². The van der Waals surface area contributed by atoms with E-state index in [2.05, 4.69) is 19.2 Å². The normalized spacial score (nSPS) is 22.2. The van der Waals surface area contributed by atoms with Crippen LogP contribution in [0.25, 0.3) is 0 Å². The first-order chi connectivity index (χ1) is 7.38. The molecule has 16 heavy (non-hydrogen) atoms. The van der Waals surface area contributed by atoms with Crippen molar-refractivity contribution in [1.29, 1.82) is 0 Å². The van der Waals surface area contributed by atoms with Gasteiger partial charge in [0.2, 0.25) is 0 Å². The topological polar surface area (TPSA) is 12.0 Å². The predicted octanol–water partition coefficient (Wildman–Crippen LogP) is 3.38. The summed E-state index contributed by atoms with van der Waals surface area (Å²) in [6, 6.07) is 2.31. The van der Waals surface area contributed by atoms with Gasteiger partial charge < -0.3 is 5.32 Å². The summed E-state index contributed by atoms with van der Waals surface area (Å²) in [5.74, 6) is -0.0447. The van der Waals surface area contributed by atoms with Crippen LogP contribution in [0.3, 0.4) is 0 Å². The van der Waals surface area contributed by atoms with E-state index in [9.17, 15) is 4.39 Å². The van der Waals surface area contributed by atoms with Gasteiger partial charge in [0.25, 0.3) is 0 Å². The van der Waals surface area contributed by atoms with E-state index in [4.69, 9.17) is 0 Å². The zero-order valence-corrected chi connectivity index (χ0v) is 10.7. The summed E-state index contributed by atoms with van der Waals surface area (Å²) < 4.78 is 13.9. The summed E-state index contributed by atoms with van der Waals surface area (Å²) in [6.45, 7) is 8.22. The number of benzene rings is 1. The Morgan fingerprint density at radius 1 is 1.38 bits per heavy atom. The number of hydrogen-bond donors (Lipinski definition) is 1. The van der Waals surface area contributed by atoms with Gasteiger partial charge in [0.05, 0.1) is 0 Å². The molecule has 0 heterocycles. The molecule has 1 aliphatic rings. The highest BCUT2D eigenvalue weighted by Crippen LogP contribution is 2.46. The molecule has 0 aromatic heterocycles. The van der Waals surface area contributed by atoms with Crippen molar-refractivity contribution >= 4 is 0 Å². The highest BCUT2D eigenvalue weighted by molar-refractivity contribution is 5.48. The van der Waals surface area contributed by atoms with Crippen LogP contribution in [-0.2, 0) is 5.41 Å². The molecular formula is C14H20FN. The quantitative estimate of drug-likeness (QED) is 0.766. The van der Waals surface area contributed by atoms with Crippen LogP contribution >= 0.6 is 0 Å². The molecule has 1 unspecified atom stereocenters. The highest BCUT2D eigenvalue weighted by Gasteiger charge is 2.38. The molecule has 1 aromatic carbocycles. The second kappa shape index (κ2) is 3.56. The minimum Gasteiger partial charge on any atom is -0.313 e. The minimum absolute atomic E-state index is 0.0447. The van der Waals surface area contributed by atoms with Gasteiger partial charge in [-0.25, -0.2) is 4.39 Å². The molecule has 2 heteroatoms. The Labute approximate surface area is 97.1 Å². The molecule has 88 valence electrons. The van der Waals surface area contributed by atoms with Crippen LogP contribution in [0, 0.1) is 19.7 Å². The van der Waals surface area contributed by atoms with Gasteiger partial charge in [-0.05, 0) is 55.0 Å². The lowest BCUT2D eigenvalue weighted by molar-refractivity contribution is 0.446. The highest BCUT2D eigenvalue weighted by atomic mass is 19.1. The molecule has 2 rings (SSSR count). The molecule has 1 N–H and O–H groups in total.